The second-order valence-electron chi connectivity index (χ2n) is 7.04. The van der Waals surface area contributed by atoms with Gasteiger partial charge in [-0.1, -0.05) is 42.5 Å². The summed E-state index contributed by atoms with van der Waals surface area (Å²) in [6.07, 6.45) is 1.24. The van der Waals surface area contributed by atoms with Gasteiger partial charge >= 0.3 is 12.1 Å². The van der Waals surface area contributed by atoms with Gasteiger partial charge in [0.15, 0.2) is 0 Å². The Balaban J connectivity index is 1.38. The molecule has 0 spiro atoms. The van der Waals surface area contributed by atoms with E-state index in [-0.39, 0.29) is 24.2 Å². The number of anilines is 1. The van der Waals surface area contributed by atoms with Gasteiger partial charge in [0.05, 0.1) is 11.7 Å². The zero-order chi connectivity index (χ0) is 19.5. The highest BCUT2D eigenvalue weighted by Gasteiger charge is 2.40. The molecule has 146 valence electrons. The van der Waals surface area contributed by atoms with Gasteiger partial charge in [0.2, 0.25) is 0 Å². The molecule has 0 saturated carbocycles. The standard InChI is InChI=1S/C21H22IN3O3/c22-17-8-4-5-9-18(17)23-20(26)24-12-10-16(11-13-24)25-19(14-28-21(25)27)15-6-2-1-3-7-15/h1-9,16,19H,10-14H2,(H,23,26)/t19-/m0/s1. The van der Waals surface area contributed by atoms with E-state index in [9.17, 15) is 9.59 Å². The fourth-order valence-corrected chi connectivity index (χ4v) is 4.39. The SMILES string of the molecule is O=C(Nc1ccccc1I)N1CCC(N2C(=O)OC[C@H]2c2ccccc2)CC1. The van der Waals surface area contributed by atoms with Crippen LogP contribution in [-0.2, 0) is 4.74 Å². The van der Waals surface area contributed by atoms with Crippen LogP contribution in [0.15, 0.2) is 54.6 Å². The van der Waals surface area contributed by atoms with Crippen LogP contribution in [0.4, 0.5) is 15.3 Å². The predicted octanol–water partition coefficient (Wildman–Crippen LogP) is 4.48. The van der Waals surface area contributed by atoms with Gasteiger partial charge in [-0.05, 0) is 53.1 Å². The number of amides is 3. The van der Waals surface area contributed by atoms with Gasteiger partial charge in [-0.25, -0.2) is 9.59 Å². The molecule has 2 aromatic rings. The fourth-order valence-electron chi connectivity index (χ4n) is 3.87. The molecule has 0 unspecified atom stereocenters. The van der Waals surface area contributed by atoms with Crippen LogP contribution in [0.25, 0.3) is 0 Å². The lowest BCUT2D eigenvalue weighted by molar-refractivity contribution is 0.116. The van der Waals surface area contributed by atoms with Crippen LogP contribution in [0.1, 0.15) is 24.4 Å². The highest BCUT2D eigenvalue weighted by atomic mass is 127. The first-order chi connectivity index (χ1) is 13.6. The molecule has 0 radical (unpaired) electrons. The second kappa shape index (κ2) is 8.38. The molecule has 2 aromatic carbocycles. The number of hydrogen-bond donors (Lipinski definition) is 1. The van der Waals surface area contributed by atoms with Crippen LogP contribution in [0.5, 0.6) is 0 Å². The molecule has 1 N–H and O–H groups in total. The van der Waals surface area contributed by atoms with Crippen LogP contribution >= 0.6 is 22.6 Å². The number of cyclic esters (lactones) is 1. The number of ether oxygens (including phenoxy) is 1. The van der Waals surface area contributed by atoms with E-state index in [1.165, 1.54) is 0 Å². The van der Waals surface area contributed by atoms with E-state index >= 15 is 0 Å². The Morgan fingerprint density at radius 1 is 1.04 bits per heavy atom. The van der Waals surface area contributed by atoms with Crippen LogP contribution in [0, 0.1) is 3.57 Å². The Hall–Kier alpha value is -2.29. The van der Waals surface area contributed by atoms with Gasteiger partial charge in [-0.2, -0.15) is 0 Å². The normalized spacial score (nSPS) is 20.2. The first kappa shape index (κ1) is 19.0. The van der Waals surface area contributed by atoms with Gasteiger partial charge < -0.3 is 15.0 Å². The Bertz CT molecular complexity index is 853. The summed E-state index contributed by atoms with van der Waals surface area (Å²) in [4.78, 5) is 28.6. The fraction of sp³-hybridized carbons (Fsp3) is 0.333. The third kappa shape index (κ3) is 3.94. The number of piperidine rings is 1. The quantitative estimate of drug-likeness (QED) is 0.645. The minimum Gasteiger partial charge on any atom is -0.447 e. The Kier molecular flexibility index (Phi) is 5.70. The van der Waals surface area contributed by atoms with Crippen molar-refractivity contribution in [1.29, 1.82) is 0 Å². The lowest BCUT2D eigenvalue weighted by atomic mass is 9.99. The monoisotopic (exact) mass is 491 g/mol. The Morgan fingerprint density at radius 3 is 2.43 bits per heavy atom. The van der Waals surface area contributed by atoms with E-state index in [2.05, 4.69) is 27.9 Å². The maximum atomic E-state index is 12.6. The number of nitrogens with zero attached hydrogens (tertiary/aromatic N) is 2. The molecule has 4 rings (SSSR count). The van der Waals surface area contributed by atoms with Crippen molar-refractivity contribution >= 4 is 40.4 Å². The maximum absolute atomic E-state index is 12.6. The van der Waals surface area contributed by atoms with Crippen LogP contribution in [-0.4, -0.2) is 47.7 Å². The van der Waals surface area contributed by atoms with Gasteiger partial charge in [-0.3, -0.25) is 4.90 Å². The smallest absolute Gasteiger partial charge is 0.410 e. The number of likely N-dealkylation sites (tertiary alicyclic amines) is 1. The predicted molar refractivity (Wildman–Crippen MR) is 115 cm³/mol. The average molecular weight is 491 g/mol. The van der Waals surface area contributed by atoms with Crippen LogP contribution < -0.4 is 5.32 Å². The minimum absolute atomic E-state index is 0.0510. The zero-order valence-corrected chi connectivity index (χ0v) is 17.5. The summed E-state index contributed by atoms with van der Waals surface area (Å²) in [7, 11) is 0. The lowest BCUT2D eigenvalue weighted by Crippen LogP contribution is -2.48. The molecule has 7 heteroatoms. The summed E-state index contributed by atoms with van der Waals surface area (Å²) >= 11 is 2.21. The van der Waals surface area contributed by atoms with E-state index in [1.54, 1.807) is 0 Å². The van der Waals surface area contributed by atoms with E-state index in [4.69, 9.17) is 4.74 Å². The number of rotatable bonds is 3. The third-order valence-corrected chi connectivity index (χ3v) is 6.30. The minimum atomic E-state index is -0.254. The summed E-state index contributed by atoms with van der Waals surface area (Å²) in [5.74, 6) is 0. The zero-order valence-electron chi connectivity index (χ0n) is 15.4. The highest BCUT2D eigenvalue weighted by Crippen LogP contribution is 2.33. The van der Waals surface area contributed by atoms with Crippen molar-refractivity contribution in [3.63, 3.8) is 0 Å². The molecule has 0 bridgehead atoms. The number of carbonyl (C=O) groups excluding carboxylic acids is 2. The number of benzene rings is 2. The van der Waals surface area contributed by atoms with Crippen molar-refractivity contribution in [2.45, 2.75) is 24.9 Å². The van der Waals surface area contributed by atoms with Crippen molar-refractivity contribution in [2.75, 3.05) is 25.0 Å². The molecule has 2 saturated heterocycles. The van der Waals surface area contributed by atoms with E-state index in [0.29, 0.717) is 19.7 Å². The molecule has 0 aromatic heterocycles. The van der Waals surface area contributed by atoms with Crippen molar-refractivity contribution in [3.05, 3.63) is 63.7 Å². The second-order valence-corrected chi connectivity index (χ2v) is 8.20. The molecular weight excluding hydrogens is 469 g/mol. The molecule has 1 atom stereocenters. The largest absolute Gasteiger partial charge is 0.447 e. The van der Waals surface area contributed by atoms with Gasteiger partial charge in [0.25, 0.3) is 0 Å². The maximum Gasteiger partial charge on any atom is 0.410 e. The number of halogens is 1. The molecule has 2 aliphatic heterocycles. The molecular formula is C21H22IN3O3. The number of nitrogens with one attached hydrogen (secondary N) is 1. The van der Waals surface area contributed by atoms with Crippen molar-refractivity contribution in [2.24, 2.45) is 0 Å². The average Bonchev–Trinajstić information content (AvgIpc) is 3.12. The molecule has 0 aliphatic carbocycles. The van der Waals surface area contributed by atoms with Crippen LogP contribution in [0.2, 0.25) is 0 Å². The van der Waals surface area contributed by atoms with Crippen molar-refractivity contribution in [3.8, 4) is 0 Å². The van der Waals surface area contributed by atoms with E-state index < -0.39 is 0 Å². The molecule has 2 fully saturated rings. The van der Waals surface area contributed by atoms with Crippen molar-refractivity contribution in [1.82, 2.24) is 9.80 Å². The van der Waals surface area contributed by atoms with Gasteiger partial charge in [0.1, 0.15) is 6.61 Å². The Morgan fingerprint density at radius 2 is 1.71 bits per heavy atom. The summed E-state index contributed by atoms with van der Waals surface area (Å²) < 4.78 is 6.35. The number of urea groups is 1. The lowest BCUT2D eigenvalue weighted by Gasteiger charge is -2.37. The van der Waals surface area contributed by atoms with Gasteiger partial charge in [-0.15, -0.1) is 0 Å². The van der Waals surface area contributed by atoms with Crippen LogP contribution in [0.3, 0.4) is 0 Å². The summed E-state index contributed by atoms with van der Waals surface area (Å²) in [5.41, 5.74) is 1.91. The molecule has 2 heterocycles. The Labute approximate surface area is 178 Å². The number of hydrogen-bond acceptors (Lipinski definition) is 3. The highest BCUT2D eigenvalue weighted by molar-refractivity contribution is 14.1. The first-order valence-electron chi connectivity index (χ1n) is 9.44. The molecule has 28 heavy (non-hydrogen) atoms. The molecule has 3 amide bonds. The third-order valence-electron chi connectivity index (χ3n) is 5.36. The summed E-state index contributed by atoms with van der Waals surface area (Å²) in [6.45, 7) is 1.62. The number of para-hydroxylation sites is 1. The molecule has 6 nitrogen and oxygen atoms in total. The summed E-state index contributed by atoms with van der Waals surface area (Å²) in [6, 6.07) is 17.7. The number of carbonyl (C=O) groups is 2. The topological polar surface area (TPSA) is 61.9 Å². The van der Waals surface area contributed by atoms with E-state index in [0.717, 1.165) is 27.7 Å². The van der Waals surface area contributed by atoms with Crippen molar-refractivity contribution < 1.29 is 14.3 Å². The first-order valence-corrected chi connectivity index (χ1v) is 10.5. The molecule has 2 aliphatic rings. The van der Waals surface area contributed by atoms with E-state index in [1.807, 2.05) is 64.4 Å². The van der Waals surface area contributed by atoms with Gasteiger partial charge in [0, 0.05) is 22.7 Å². The summed E-state index contributed by atoms with van der Waals surface area (Å²) in [5, 5.41) is 2.98.